The first-order valence-corrected chi connectivity index (χ1v) is 11.9. The number of likely N-dealkylation sites (tertiary alicyclic amines) is 1. The number of ether oxygens (including phenoxy) is 1. The van der Waals surface area contributed by atoms with Crippen molar-refractivity contribution in [3.8, 4) is 0 Å². The van der Waals surface area contributed by atoms with Gasteiger partial charge in [0.05, 0.1) is 16.1 Å². The fourth-order valence-corrected chi connectivity index (χ4v) is 5.15. The molecule has 0 saturated carbocycles. The van der Waals surface area contributed by atoms with Gasteiger partial charge in [0.1, 0.15) is 17.7 Å². The molecule has 0 spiro atoms. The van der Waals surface area contributed by atoms with E-state index in [1.54, 1.807) is 22.6 Å². The maximum atomic E-state index is 13.0. The Morgan fingerprint density at radius 1 is 1.16 bits per heavy atom. The number of fused-ring (bicyclic) bond motifs is 1. The molecule has 2 saturated heterocycles. The lowest BCUT2D eigenvalue weighted by atomic mass is 9.96. The maximum Gasteiger partial charge on any atom is 0.410 e. The Bertz CT molecular complexity index is 941. The number of nitrogens with one attached hydrogen (secondary N) is 1. The molecule has 0 unspecified atom stereocenters. The predicted octanol–water partition coefficient (Wildman–Crippen LogP) is 3.42. The Kier molecular flexibility index (Phi) is 6.31. The molecule has 2 fully saturated rings. The molecule has 4 rings (SSSR count). The number of carbonyl (C=O) groups is 2. The quantitative estimate of drug-likeness (QED) is 0.779. The molecule has 2 aromatic rings. The molecule has 2 aromatic heterocycles. The van der Waals surface area contributed by atoms with Gasteiger partial charge in [-0.1, -0.05) is 0 Å². The van der Waals surface area contributed by atoms with Crippen LogP contribution in [-0.4, -0.2) is 64.7 Å². The van der Waals surface area contributed by atoms with Gasteiger partial charge in [0.2, 0.25) is 5.91 Å². The molecule has 0 aliphatic carbocycles. The first kappa shape index (κ1) is 21.8. The lowest BCUT2D eigenvalue weighted by Gasteiger charge is -2.36. The van der Waals surface area contributed by atoms with Crippen molar-refractivity contribution in [3.63, 3.8) is 0 Å². The van der Waals surface area contributed by atoms with Gasteiger partial charge in [0.15, 0.2) is 0 Å². The van der Waals surface area contributed by atoms with Crippen LogP contribution in [0.5, 0.6) is 0 Å². The molecule has 31 heavy (non-hydrogen) atoms. The molecule has 0 radical (unpaired) electrons. The summed E-state index contributed by atoms with van der Waals surface area (Å²) in [5.74, 6) is 0.788. The standard InChI is InChI=1S/C22H31N5O3S/c1-22(2,3)30-21(29)27-10-4-6-15(12-27)20(28)25-16-7-5-9-26(13-16)19-18-17(8-11-31-18)23-14-24-19/h8,11,14-16H,4-7,9-10,12-13H2,1-3H3,(H,25,28)/t15-,16+/m1/s1. The van der Waals surface area contributed by atoms with E-state index in [1.807, 2.05) is 32.2 Å². The lowest BCUT2D eigenvalue weighted by Crippen LogP contribution is -2.52. The van der Waals surface area contributed by atoms with Crippen LogP contribution in [0, 0.1) is 5.92 Å². The minimum Gasteiger partial charge on any atom is -0.444 e. The van der Waals surface area contributed by atoms with E-state index in [2.05, 4.69) is 20.2 Å². The fraction of sp³-hybridized carbons (Fsp3) is 0.636. The summed E-state index contributed by atoms with van der Waals surface area (Å²) in [5.41, 5.74) is 0.429. The van der Waals surface area contributed by atoms with Gasteiger partial charge in [0, 0.05) is 32.2 Å². The molecule has 1 N–H and O–H groups in total. The number of hydrogen-bond donors (Lipinski definition) is 1. The summed E-state index contributed by atoms with van der Waals surface area (Å²) in [6, 6.07) is 2.08. The lowest BCUT2D eigenvalue weighted by molar-refractivity contribution is -0.127. The summed E-state index contributed by atoms with van der Waals surface area (Å²) >= 11 is 1.65. The van der Waals surface area contributed by atoms with Crippen molar-refractivity contribution in [2.24, 2.45) is 5.92 Å². The molecule has 168 valence electrons. The van der Waals surface area contributed by atoms with Crippen LogP contribution in [0.15, 0.2) is 17.8 Å². The Labute approximate surface area is 187 Å². The number of nitrogens with zero attached hydrogens (tertiary/aromatic N) is 4. The summed E-state index contributed by atoms with van der Waals surface area (Å²) in [4.78, 5) is 38.2. The highest BCUT2D eigenvalue weighted by Crippen LogP contribution is 2.30. The van der Waals surface area contributed by atoms with E-state index in [1.165, 1.54) is 0 Å². The van der Waals surface area contributed by atoms with E-state index in [0.717, 1.165) is 54.8 Å². The van der Waals surface area contributed by atoms with E-state index in [0.29, 0.717) is 13.1 Å². The third-order valence-corrected chi connectivity index (χ3v) is 6.64. The summed E-state index contributed by atoms with van der Waals surface area (Å²) in [6.07, 6.45) is 4.83. The third kappa shape index (κ3) is 5.26. The van der Waals surface area contributed by atoms with Crippen LogP contribution in [-0.2, 0) is 9.53 Å². The number of thiophene rings is 1. The van der Waals surface area contributed by atoms with Gasteiger partial charge >= 0.3 is 6.09 Å². The first-order chi connectivity index (χ1) is 14.8. The summed E-state index contributed by atoms with van der Waals surface area (Å²) < 4.78 is 6.58. The Hall–Kier alpha value is -2.42. The van der Waals surface area contributed by atoms with Gasteiger partial charge in [-0.05, 0) is 57.9 Å². The van der Waals surface area contributed by atoms with E-state index < -0.39 is 5.60 Å². The summed E-state index contributed by atoms with van der Waals surface area (Å²) in [7, 11) is 0. The van der Waals surface area contributed by atoms with Crippen LogP contribution in [0.25, 0.3) is 10.2 Å². The molecular formula is C22H31N5O3S. The van der Waals surface area contributed by atoms with Crippen LogP contribution in [0.1, 0.15) is 46.5 Å². The topological polar surface area (TPSA) is 87.7 Å². The second kappa shape index (κ2) is 8.98. The second-order valence-electron chi connectivity index (χ2n) is 9.39. The van der Waals surface area contributed by atoms with Crippen molar-refractivity contribution in [1.82, 2.24) is 20.2 Å². The van der Waals surface area contributed by atoms with Crippen molar-refractivity contribution in [1.29, 1.82) is 0 Å². The van der Waals surface area contributed by atoms with Gasteiger partial charge < -0.3 is 19.9 Å². The molecule has 8 nitrogen and oxygen atoms in total. The summed E-state index contributed by atoms with van der Waals surface area (Å²) in [5, 5.41) is 5.27. The minimum atomic E-state index is -0.535. The zero-order valence-electron chi connectivity index (χ0n) is 18.5. The third-order valence-electron chi connectivity index (χ3n) is 5.74. The molecule has 0 aromatic carbocycles. The van der Waals surface area contributed by atoms with E-state index in [-0.39, 0.29) is 24.0 Å². The Morgan fingerprint density at radius 3 is 2.77 bits per heavy atom. The Balaban J connectivity index is 1.36. The Morgan fingerprint density at radius 2 is 1.97 bits per heavy atom. The number of aromatic nitrogens is 2. The fourth-order valence-electron chi connectivity index (χ4n) is 4.29. The van der Waals surface area contributed by atoms with Gasteiger partial charge in [0.25, 0.3) is 0 Å². The molecule has 2 amide bonds. The molecule has 4 heterocycles. The van der Waals surface area contributed by atoms with E-state index >= 15 is 0 Å². The van der Waals surface area contributed by atoms with Crippen LogP contribution in [0.2, 0.25) is 0 Å². The molecule has 9 heteroatoms. The molecule has 2 aliphatic heterocycles. The zero-order chi connectivity index (χ0) is 22.0. The largest absolute Gasteiger partial charge is 0.444 e. The van der Waals surface area contributed by atoms with Crippen molar-refractivity contribution in [3.05, 3.63) is 17.8 Å². The SMILES string of the molecule is CC(C)(C)OC(=O)N1CCC[C@@H](C(=O)N[C@H]2CCCN(c3ncnc4ccsc34)C2)C1. The second-order valence-corrected chi connectivity index (χ2v) is 10.3. The first-order valence-electron chi connectivity index (χ1n) is 11.0. The molecule has 2 atom stereocenters. The minimum absolute atomic E-state index is 0.0315. The number of hydrogen-bond acceptors (Lipinski definition) is 7. The number of rotatable bonds is 3. The molecule has 0 bridgehead atoms. The number of anilines is 1. The van der Waals surface area contributed by atoms with Crippen molar-refractivity contribution < 1.29 is 14.3 Å². The van der Waals surface area contributed by atoms with Crippen LogP contribution >= 0.6 is 11.3 Å². The number of amides is 2. The van der Waals surface area contributed by atoms with E-state index in [4.69, 9.17) is 4.74 Å². The number of carbonyl (C=O) groups excluding carboxylic acids is 2. The average Bonchev–Trinajstić information content (AvgIpc) is 3.22. The smallest absolute Gasteiger partial charge is 0.410 e. The van der Waals surface area contributed by atoms with Crippen LogP contribution < -0.4 is 10.2 Å². The highest BCUT2D eigenvalue weighted by Gasteiger charge is 2.32. The van der Waals surface area contributed by atoms with Gasteiger partial charge in [-0.15, -0.1) is 11.3 Å². The monoisotopic (exact) mass is 445 g/mol. The van der Waals surface area contributed by atoms with Crippen molar-refractivity contribution in [2.45, 2.75) is 58.1 Å². The van der Waals surface area contributed by atoms with Crippen molar-refractivity contribution in [2.75, 3.05) is 31.1 Å². The van der Waals surface area contributed by atoms with E-state index in [9.17, 15) is 9.59 Å². The number of piperidine rings is 2. The van der Waals surface area contributed by atoms with Crippen LogP contribution in [0.3, 0.4) is 0 Å². The zero-order valence-corrected chi connectivity index (χ0v) is 19.3. The molecule has 2 aliphatic rings. The van der Waals surface area contributed by atoms with Gasteiger partial charge in [-0.25, -0.2) is 14.8 Å². The highest BCUT2D eigenvalue weighted by molar-refractivity contribution is 7.17. The highest BCUT2D eigenvalue weighted by atomic mass is 32.1. The van der Waals surface area contributed by atoms with Crippen molar-refractivity contribution >= 4 is 39.4 Å². The predicted molar refractivity (Wildman–Crippen MR) is 121 cm³/mol. The van der Waals surface area contributed by atoms with Crippen LogP contribution in [0.4, 0.5) is 10.6 Å². The normalized spacial score (nSPS) is 22.4. The maximum absolute atomic E-state index is 13.0. The van der Waals surface area contributed by atoms with Gasteiger partial charge in [-0.2, -0.15) is 0 Å². The summed E-state index contributed by atoms with van der Waals surface area (Å²) in [6.45, 7) is 8.28. The molecular weight excluding hydrogens is 414 g/mol. The average molecular weight is 446 g/mol. The van der Waals surface area contributed by atoms with Gasteiger partial charge in [-0.3, -0.25) is 4.79 Å².